The van der Waals surface area contributed by atoms with Crippen LogP contribution in [0.25, 0.3) is 0 Å². The molecule has 0 bridgehead atoms. The first kappa shape index (κ1) is 17.9. The van der Waals surface area contributed by atoms with Gasteiger partial charge in [-0.15, -0.1) is 11.8 Å². The Balaban J connectivity index is 1.82. The molecule has 1 N–H and O–H groups in total. The normalized spacial score (nSPS) is 11.8. The van der Waals surface area contributed by atoms with E-state index >= 15 is 0 Å². The van der Waals surface area contributed by atoms with E-state index in [0.29, 0.717) is 5.76 Å². The van der Waals surface area contributed by atoms with Gasteiger partial charge in [-0.05, 0) is 32.0 Å². The molecule has 0 aliphatic heterocycles. The summed E-state index contributed by atoms with van der Waals surface area (Å²) in [4.78, 5) is 23.5. The Kier molecular flexibility index (Phi) is 5.91. The van der Waals surface area contributed by atoms with Crippen molar-refractivity contribution in [2.45, 2.75) is 24.8 Å². The zero-order valence-corrected chi connectivity index (χ0v) is 13.7. The number of rotatable bonds is 6. The molecule has 0 spiro atoms. The maximum absolute atomic E-state index is 13.4. The highest BCUT2D eigenvalue weighted by Crippen LogP contribution is 2.22. The molecule has 2 rings (SSSR count). The molecule has 2 aromatic rings. The molecule has 0 unspecified atom stereocenters. The number of hydrogen-bond donors (Lipinski definition) is 1. The summed E-state index contributed by atoms with van der Waals surface area (Å²) in [5.41, 5.74) is 0. The van der Waals surface area contributed by atoms with Gasteiger partial charge in [-0.25, -0.2) is 8.78 Å². The smallest absolute Gasteiger partial charge is 0.317 e. The van der Waals surface area contributed by atoms with Gasteiger partial charge in [0.1, 0.15) is 17.4 Å². The lowest BCUT2D eigenvalue weighted by Crippen LogP contribution is -2.30. The van der Waals surface area contributed by atoms with Gasteiger partial charge in [0, 0.05) is 11.0 Å². The number of thioether (sulfide) groups is 1. The number of esters is 1. The number of aryl methyl sites for hydroxylation is 1. The molecule has 24 heavy (non-hydrogen) atoms. The lowest BCUT2D eigenvalue weighted by Gasteiger charge is -2.12. The first-order valence-corrected chi connectivity index (χ1v) is 7.85. The highest BCUT2D eigenvalue weighted by Gasteiger charge is 2.19. The summed E-state index contributed by atoms with van der Waals surface area (Å²) in [6, 6.07) is 4.44. The summed E-state index contributed by atoms with van der Waals surface area (Å²) in [7, 11) is 0. The van der Waals surface area contributed by atoms with E-state index in [4.69, 9.17) is 9.26 Å². The van der Waals surface area contributed by atoms with E-state index in [9.17, 15) is 18.4 Å². The van der Waals surface area contributed by atoms with Crippen molar-refractivity contribution in [1.82, 2.24) is 5.16 Å². The van der Waals surface area contributed by atoms with Crippen LogP contribution in [0.2, 0.25) is 0 Å². The standard InChI is InChI=1S/C15H14F2N2O4S/c1-8-5-13(19-23-8)18-15(21)9(2)22-14(20)7-24-12-6-10(16)3-4-11(12)17/h3-6,9H,7H2,1-2H3,(H,18,19,21)/t9-/m0/s1. The van der Waals surface area contributed by atoms with E-state index in [1.807, 2.05) is 0 Å². The van der Waals surface area contributed by atoms with E-state index in [2.05, 4.69) is 10.5 Å². The second-order valence-corrected chi connectivity index (χ2v) is 5.82. The fourth-order valence-electron chi connectivity index (χ4n) is 1.66. The van der Waals surface area contributed by atoms with Gasteiger partial charge < -0.3 is 14.6 Å². The predicted molar refractivity (Wildman–Crippen MR) is 82.5 cm³/mol. The van der Waals surface area contributed by atoms with Crippen LogP contribution >= 0.6 is 11.8 Å². The lowest BCUT2D eigenvalue weighted by atomic mass is 10.3. The zero-order valence-electron chi connectivity index (χ0n) is 12.8. The van der Waals surface area contributed by atoms with E-state index in [1.54, 1.807) is 6.92 Å². The second-order valence-electron chi connectivity index (χ2n) is 4.81. The van der Waals surface area contributed by atoms with Gasteiger partial charge >= 0.3 is 5.97 Å². The number of aromatic nitrogens is 1. The molecule has 1 heterocycles. The van der Waals surface area contributed by atoms with Gasteiger partial charge in [-0.2, -0.15) is 0 Å². The van der Waals surface area contributed by atoms with Crippen LogP contribution in [0.4, 0.5) is 14.6 Å². The van der Waals surface area contributed by atoms with Gasteiger partial charge in [0.05, 0.1) is 5.75 Å². The minimum absolute atomic E-state index is 0.0119. The summed E-state index contributed by atoms with van der Waals surface area (Å²) in [5.74, 6) is -2.10. The van der Waals surface area contributed by atoms with Crippen molar-refractivity contribution in [1.29, 1.82) is 0 Å². The highest BCUT2D eigenvalue weighted by molar-refractivity contribution is 8.00. The van der Waals surface area contributed by atoms with Crippen molar-refractivity contribution in [3.8, 4) is 0 Å². The number of ether oxygens (including phenoxy) is 1. The molecule has 1 atom stereocenters. The third-order valence-corrected chi connectivity index (χ3v) is 3.80. The minimum Gasteiger partial charge on any atom is -0.452 e. The molecule has 0 fully saturated rings. The Labute approximate surface area is 140 Å². The Bertz CT molecular complexity index is 751. The molecule has 0 saturated carbocycles. The summed E-state index contributed by atoms with van der Waals surface area (Å²) < 4.78 is 36.2. The Morgan fingerprint density at radius 2 is 2.12 bits per heavy atom. The van der Waals surface area contributed by atoms with Crippen molar-refractivity contribution in [3.63, 3.8) is 0 Å². The highest BCUT2D eigenvalue weighted by atomic mass is 32.2. The predicted octanol–water partition coefficient (Wildman–Crippen LogP) is 2.92. The first-order chi connectivity index (χ1) is 11.3. The number of halogens is 2. The van der Waals surface area contributed by atoms with Crippen molar-refractivity contribution in [3.05, 3.63) is 41.7 Å². The molecule has 1 aromatic carbocycles. The third kappa shape index (κ3) is 5.05. The summed E-state index contributed by atoms with van der Waals surface area (Å²) in [6.45, 7) is 3.04. The van der Waals surface area contributed by atoms with Crippen LogP contribution in [-0.2, 0) is 14.3 Å². The molecule has 0 aliphatic carbocycles. The fourth-order valence-corrected chi connectivity index (χ4v) is 2.41. The number of hydrogen-bond acceptors (Lipinski definition) is 6. The van der Waals surface area contributed by atoms with Gasteiger partial charge in [-0.1, -0.05) is 5.16 Å². The van der Waals surface area contributed by atoms with Crippen molar-refractivity contribution in [2.75, 3.05) is 11.1 Å². The molecular weight excluding hydrogens is 342 g/mol. The lowest BCUT2D eigenvalue weighted by molar-refractivity contribution is -0.150. The van der Waals surface area contributed by atoms with Crippen LogP contribution in [0, 0.1) is 18.6 Å². The number of amides is 1. The summed E-state index contributed by atoms with van der Waals surface area (Å²) in [6.07, 6.45) is -1.08. The number of nitrogens with zero attached hydrogens (tertiary/aromatic N) is 1. The molecule has 128 valence electrons. The number of carbonyl (C=O) groups excluding carboxylic acids is 2. The number of nitrogens with one attached hydrogen (secondary N) is 1. The van der Waals surface area contributed by atoms with E-state index in [1.165, 1.54) is 13.0 Å². The van der Waals surface area contributed by atoms with Crippen LogP contribution in [-0.4, -0.2) is 28.9 Å². The Hall–Kier alpha value is -2.42. The van der Waals surface area contributed by atoms with E-state index in [0.717, 1.165) is 30.0 Å². The fraction of sp³-hybridized carbons (Fsp3) is 0.267. The molecule has 6 nitrogen and oxygen atoms in total. The van der Waals surface area contributed by atoms with Crippen molar-refractivity contribution in [2.24, 2.45) is 0 Å². The van der Waals surface area contributed by atoms with Crippen LogP contribution < -0.4 is 5.32 Å². The van der Waals surface area contributed by atoms with Crippen molar-refractivity contribution >= 4 is 29.5 Å². The molecular formula is C15H14F2N2O4S. The van der Waals surface area contributed by atoms with Gasteiger partial charge in [0.15, 0.2) is 11.9 Å². The van der Waals surface area contributed by atoms with Crippen LogP contribution in [0.3, 0.4) is 0 Å². The van der Waals surface area contributed by atoms with Crippen LogP contribution in [0.5, 0.6) is 0 Å². The number of carbonyl (C=O) groups is 2. The van der Waals surface area contributed by atoms with Crippen LogP contribution in [0.1, 0.15) is 12.7 Å². The summed E-state index contributed by atoms with van der Waals surface area (Å²) >= 11 is 0.782. The molecule has 1 aromatic heterocycles. The molecule has 0 aliphatic rings. The molecule has 9 heteroatoms. The Morgan fingerprint density at radius 3 is 2.79 bits per heavy atom. The van der Waals surface area contributed by atoms with Crippen LogP contribution in [0.15, 0.2) is 33.7 Å². The maximum Gasteiger partial charge on any atom is 0.317 e. The van der Waals surface area contributed by atoms with Crippen molar-refractivity contribution < 1.29 is 27.6 Å². The SMILES string of the molecule is Cc1cc(NC(=O)[C@H](C)OC(=O)CSc2cc(F)ccc2F)no1. The molecule has 0 radical (unpaired) electrons. The topological polar surface area (TPSA) is 81.4 Å². The number of anilines is 1. The zero-order chi connectivity index (χ0) is 17.7. The second kappa shape index (κ2) is 7.91. The third-order valence-electron chi connectivity index (χ3n) is 2.80. The number of benzene rings is 1. The average Bonchev–Trinajstić information content (AvgIpc) is 2.93. The molecule has 0 saturated heterocycles. The van der Waals surface area contributed by atoms with Gasteiger partial charge in [0.2, 0.25) is 0 Å². The first-order valence-electron chi connectivity index (χ1n) is 6.86. The minimum atomic E-state index is -1.08. The maximum atomic E-state index is 13.4. The monoisotopic (exact) mass is 356 g/mol. The quantitative estimate of drug-likeness (QED) is 0.633. The van der Waals surface area contributed by atoms with E-state index in [-0.39, 0.29) is 16.5 Å². The largest absolute Gasteiger partial charge is 0.452 e. The van der Waals surface area contributed by atoms with Gasteiger partial charge in [0.25, 0.3) is 5.91 Å². The van der Waals surface area contributed by atoms with Gasteiger partial charge in [-0.3, -0.25) is 9.59 Å². The summed E-state index contributed by atoms with van der Waals surface area (Å²) in [5, 5.41) is 6.00. The Morgan fingerprint density at radius 1 is 1.38 bits per heavy atom. The molecule has 1 amide bonds. The average molecular weight is 356 g/mol. The van der Waals surface area contributed by atoms with E-state index < -0.39 is 29.6 Å².